The quantitative estimate of drug-likeness (QED) is 0.580. The van der Waals surface area contributed by atoms with Crippen molar-refractivity contribution in [3.05, 3.63) is 28.5 Å². The molecule has 94 valence electrons. The second-order valence-electron chi connectivity index (χ2n) is 3.45. The molecule has 6 N–H and O–H groups in total. The summed E-state index contributed by atoms with van der Waals surface area (Å²) in [7, 11) is 0. The first-order valence-corrected chi connectivity index (χ1v) is 6.76. The molecule has 2 aromatic rings. The number of thioether (sulfide) groups is 1. The maximum absolute atomic E-state index is 5.67. The highest BCUT2D eigenvalue weighted by Gasteiger charge is 2.05. The molecule has 0 saturated carbocycles. The summed E-state index contributed by atoms with van der Waals surface area (Å²) in [5, 5.41) is 0. The first-order chi connectivity index (χ1) is 8.54. The molecule has 18 heavy (non-hydrogen) atoms. The Morgan fingerprint density at radius 2 is 1.72 bits per heavy atom. The Hall–Kier alpha value is -1.54. The Kier molecular flexibility index (Phi) is 3.87. The van der Waals surface area contributed by atoms with Crippen LogP contribution in [0.5, 0.6) is 0 Å². The molecular weight excluding hydrogens is 316 g/mol. The first kappa shape index (κ1) is 12.9. The smallest absolute Gasteiger partial charge is 0.225 e. The molecule has 0 saturated heterocycles. The van der Waals surface area contributed by atoms with E-state index in [-0.39, 0.29) is 11.9 Å². The van der Waals surface area contributed by atoms with Gasteiger partial charge in [0.05, 0.1) is 5.75 Å². The van der Waals surface area contributed by atoms with Gasteiger partial charge in [0, 0.05) is 15.1 Å². The molecule has 0 atom stereocenters. The Bertz CT molecular complexity index is 556. The zero-order chi connectivity index (χ0) is 13.1. The minimum absolute atomic E-state index is 0.134. The molecule has 6 nitrogen and oxygen atoms in total. The number of benzene rings is 1. The van der Waals surface area contributed by atoms with Gasteiger partial charge in [0.15, 0.2) is 0 Å². The minimum Gasteiger partial charge on any atom is -0.399 e. The number of halogens is 1. The molecule has 0 radical (unpaired) electrons. The van der Waals surface area contributed by atoms with Crippen LogP contribution < -0.4 is 17.2 Å². The van der Waals surface area contributed by atoms with E-state index in [0.717, 1.165) is 9.37 Å². The van der Waals surface area contributed by atoms with Crippen molar-refractivity contribution in [2.24, 2.45) is 0 Å². The van der Waals surface area contributed by atoms with E-state index in [2.05, 4.69) is 30.9 Å². The number of anilines is 3. The first-order valence-electron chi connectivity index (χ1n) is 4.98. The molecule has 0 unspecified atom stereocenters. The fourth-order valence-electron chi connectivity index (χ4n) is 1.30. The molecule has 0 aliphatic rings. The largest absolute Gasteiger partial charge is 0.399 e. The van der Waals surface area contributed by atoms with Gasteiger partial charge in [-0.15, -0.1) is 11.8 Å². The maximum Gasteiger partial charge on any atom is 0.225 e. The van der Waals surface area contributed by atoms with Gasteiger partial charge in [-0.2, -0.15) is 15.0 Å². The van der Waals surface area contributed by atoms with Crippen molar-refractivity contribution in [1.82, 2.24) is 15.0 Å². The molecule has 0 spiro atoms. The molecule has 0 fully saturated rings. The minimum atomic E-state index is 0.134. The lowest BCUT2D eigenvalue weighted by molar-refractivity contribution is 0.987. The predicted molar refractivity (Wildman–Crippen MR) is 76.8 cm³/mol. The standard InChI is InChI=1S/C10H11BrN6S/c11-6-3-5(12)1-2-7(6)18-4-8-15-9(13)17-10(14)16-8/h1-3H,4,12H2,(H4,13,14,15,16,17). The predicted octanol–water partition coefficient (Wildman–Crippen LogP) is 1.67. The van der Waals surface area contributed by atoms with E-state index in [0.29, 0.717) is 17.3 Å². The van der Waals surface area contributed by atoms with Crippen molar-refractivity contribution in [2.75, 3.05) is 17.2 Å². The fraction of sp³-hybridized carbons (Fsp3) is 0.100. The molecule has 1 heterocycles. The van der Waals surface area contributed by atoms with Crippen molar-refractivity contribution >= 4 is 45.3 Å². The van der Waals surface area contributed by atoms with Crippen LogP contribution in [0.15, 0.2) is 27.6 Å². The van der Waals surface area contributed by atoms with Crippen LogP contribution in [0.4, 0.5) is 17.6 Å². The van der Waals surface area contributed by atoms with Gasteiger partial charge in [-0.3, -0.25) is 0 Å². The molecule has 1 aromatic carbocycles. The van der Waals surface area contributed by atoms with E-state index in [1.165, 1.54) is 0 Å². The highest BCUT2D eigenvalue weighted by atomic mass is 79.9. The molecule has 0 bridgehead atoms. The van der Waals surface area contributed by atoms with E-state index in [9.17, 15) is 0 Å². The van der Waals surface area contributed by atoms with Crippen LogP contribution in [-0.2, 0) is 5.75 Å². The van der Waals surface area contributed by atoms with Crippen molar-refractivity contribution in [3.8, 4) is 0 Å². The van der Waals surface area contributed by atoms with Gasteiger partial charge in [-0.1, -0.05) is 0 Å². The van der Waals surface area contributed by atoms with Crippen molar-refractivity contribution in [3.63, 3.8) is 0 Å². The van der Waals surface area contributed by atoms with Gasteiger partial charge in [-0.05, 0) is 34.1 Å². The van der Waals surface area contributed by atoms with Crippen LogP contribution in [0.2, 0.25) is 0 Å². The van der Waals surface area contributed by atoms with E-state index in [1.54, 1.807) is 11.8 Å². The van der Waals surface area contributed by atoms with Gasteiger partial charge in [0.25, 0.3) is 0 Å². The summed E-state index contributed by atoms with van der Waals surface area (Å²) in [4.78, 5) is 12.8. The second-order valence-corrected chi connectivity index (χ2v) is 5.32. The molecular formula is C10H11BrN6S. The molecule has 0 aliphatic carbocycles. The monoisotopic (exact) mass is 326 g/mol. The van der Waals surface area contributed by atoms with E-state index in [4.69, 9.17) is 17.2 Å². The third kappa shape index (κ3) is 3.23. The zero-order valence-electron chi connectivity index (χ0n) is 9.30. The highest BCUT2D eigenvalue weighted by molar-refractivity contribution is 9.10. The Morgan fingerprint density at radius 1 is 1.06 bits per heavy atom. The summed E-state index contributed by atoms with van der Waals surface area (Å²) >= 11 is 5.01. The van der Waals surface area contributed by atoms with Crippen LogP contribution in [0.25, 0.3) is 0 Å². The average Bonchev–Trinajstić information content (AvgIpc) is 2.26. The summed E-state index contributed by atoms with van der Waals surface area (Å²) < 4.78 is 0.933. The number of nitrogen functional groups attached to an aromatic ring is 3. The van der Waals surface area contributed by atoms with Gasteiger partial charge in [0.2, 0.25) is 11.9 Å². The second kappa shape index (κ2) is 5.40. The molecule has 2 rings (SSSR count). The van der Waals surface area contributed by atoms with Gasteiger partial charge < -0.3 is 17.2 Å². The number of hydrogen-bond acceptors (Lipinski definition) is 7. The molecule has 0 amide bonds. The fourth-order valence-corrected chi connectivity index (χ4v) is 2.81. The van der Waals surface area contributed by atoms with Crippen molar-refractivity contribution in [1.29, 1.82) is 0 Å². The van der Waals surface area contributed by atoms with Gasteiger partial charge >= 0.3 is 0 Å². The summed E-state index contributed by atoms with van der Waals surface area (Å²) in [6.45, 7) is 0. The van der Waals surface area contributed by atoms with E-state index < -0.39 is 0 Å². The lowest BCUT2D eigenvalue weighted by atomic mass is 10.3. The van der Waals surface area contributed by atoms with Crippen molar-refractivity contribution in [2.45, 2.75) is 10.6 Å². The van der Waals surface area contributed by atoms with Crippen LogP contribution in [-0.4, -0.2) is 15.0 Å². The van der Waals surface area contributed by atoms with Gasteiger partial charge in [0.1, 0.15) is 5.82 Å². The number of aromatic nitrogens is 3. The lowest BCUT2D eigenvalue weighted by Gasteiger charge is -2.05. The maximum atomic E-state index is 5.67. The van der Waals surface area contributed by atoms with Gasteiger partial charge in [-0.25, -0.2) is 0 Å². The zero-order valence-corrected chi connectivity index (χ0v) is 11.7. The van der Waals surface area contributed by atoms with Crippen molar-refractivity contribution < 1.29 is 0 Å². The topological polar surface area (TPSA) is 117 Å². The third-order valence-corrected chi connectivity index (χ3v) is 4.02. The lowest BCUT2D eigenvalue weighted by Crippen LogP contribution is -2.05. The van der Waals surface area contributed by atoms with Crippen LogP contribution in [0.1, 0.15) is 5.82 Å². The summed E-state index contributed by atoms with van der Waals surface area (Å²) in [6, 6.07) is 5.61. The number of rotatable bonds is 3. The highest BCUT2D eigenvalue weighted by Crippen LogP contribution is 2.30. The average molecular weight is 327 g/mol. The molecule has 0 aliphatic heterocycles. The van der Waals surface area contributed by atoms with Crippen LogP contribution in [0, 0.1) is 0 Å². The number of nitrogens with zero attached hydrogens (tertiary/aromatic N) is 3. The summed E-state index contributed by atoms with van der Waals surface area (Å²) in [6.07, 6.45) is 0. The number of nitrogens with two attached hydrogens (primary N) is 3. The molecule has 8 heteroatoms. The van der Waals surface area contributed by atoms with Crippen LogP contribution in [0.3, 0.4) is 0 Å². The number of hydrogen-bond donors (Lipinski definition) is 3. The summed E-state index contributed by atoms with van der Waals surface area (Å²) in [5.74, 6) is 1.37. The Morgan fingerprint density at radius 3 is 2.33 bits per heavy atom. The normalized spacial score (nSPS) is 10.5. The molecule has 1 aromatic heterocycles. The SMILES string of the molecule is Nc1ccc(SCc2nc(N)nc(N)n2)c(Br)c1. The third-order valence-electron chi connectivity index (χ3n) is 2.03. The van der Waals surface area contributed by atoms with E-state index >= 15 is 0 Å². The van der Waals surface area contributed by atoms with E-state index in [1.807, 2.05) is 18.2 Å². The summed E-state index contributed by atoms with van der Waals surface area (Å²) in [5.41, 5.74) is 17.4. The Balaban J connectivity index is 2.11. The van der Waals surface area contributed by atoms with Crippen LogP contribution >= 0.6 is 27.7 Å². The Labute approximate surface area is 117 Å².